The van der Waals surface area contributed by atoms with Crippen LogP contribution < -0.4 is 15.6 Å². The largest absolute Gasteiger partial charge is 0.477 e. The van der Waals surface area contributed by atoms with E-state index in [1.165, 1.54) is 10.9 Å². The Bertz CT molecular complexity index is 1020. The van der Waals surface area contributed by atoms with Crippen LogP contribution in [0.15, 0.2) is 52.1 Å². The molecule has 27 heavy (non-hydrogen) atoms. The molecule has 0 spiro atoms. The highest BCUT2D eigenvalue weighted by Gasteiger charge is 2.10. The van der Waals surface area contributed by atoms with Crippen molar-refractivity contribution < 1.29 is 9.53 Å². The number of nitrogens with one attached hydrogen (secondary N) is 1. The normalized spacial score (nSPS) is 10.7. The van der Waals surface area contributed by atoms with Gasteiger partial charge >= 0.3 is 0 Å². The smallest absolute Gasteiger partial charge is 0.261 e. The summed E-state index contributed by atoms with van der Waals surface area (Å²) in [6, 6.07) is 8.91. The maximum atomic E-state index is 12.6. The van der Waals surface area contributed by atoms with Gasteiger partial charge in [-0.2, -0.15) is 0 Å². The Morgan fingerprint density at radius 2 is 2.15 bits per heavy atom. The van der Waals surface area contributed by atoms with Crippen LogP contribution in [-0.4, -0.2) is 27.0 Å². The molecule has 2 aromatic heterocycles. The van der Waals surface area contributed by atoms with Crippen molar-refractivity contribution in [2.75, 3.05) is 6.61 Å². The van der Waals surface area contributed by atoms with Gasteiger partial charge in [-0.25, -0.2) is 9.97 Å². The molecule has 1 amide bonds. The average molecular weight is 431 g/mol. The van der Waals surface area contributed by atoms with Gasteiger partial charge in [-0.15, -0.1) is 0 Å². The summed E-state index contributed by atoms with van der Waals surface area (Å²) in [7, 11) is 0. The molecule has 0 aliphatic heterocycles. The molecule has 2 heterocycles. The van der Waals surface area contributed by atoms with Crippen molar-refractivity contribution in [3.05, 3.63) is 63.2 Å². The number of carbonyl (C=O) groups is 1. The minimum Gasteiger partial charge on any atom is -0.477 e. The minimum atomic E-state index is -0.293. The number of rotatable bonds is 7. The fraction of sp³-hybridized carbons (Fsp3) is 0.263. The Kier molecular flexibility index (Phi) is 6.18. The predicted octanol–water partition coefficient (Wildman–Crippen LogP) is 2.66. The van der Waals surface area contributed by atoms with E-state index in [0.29, 0.717) is 23.4 Å². The van der Waals surface area contributed by atoms with Crippen LogP contribution in [0.25, 0.3) is 10.9 Å². The molecule has 0 bridgehead atoms. The highest BCUT2D eigenvalue weighted by Crippen LogP contribution is 2.15. The second-order valence-corrected chi connectivity index (χ2v) is 6.85. The van der Waals surface area contributed by atoms with E-state index in [2.05, 4.69) is 31.2 Å². The number of aromatic nitrogens is 3. The fourth-order valence-electron chi connectivity index (χ4n) is 2.54. The highest BCUT2D eigenvalue weighted by atomic mass is 79.9. The first-order valence-electron chi connectivity index (χ1n) is 8.56. The van der Waals surface area contributed by atoms with Crippen LogP contribution in [0.5, 0.6) is 5.88 Å². The summed E-state index contributed by atoms with van der Waals surface area (Å²) in [6.07, 6.45) is 3.91. The molecule has 0 saturated heterocycles. The average Bonchev–Trinajstić information content (AvgIpc) is 2.68. The molecule has 0 fully saturated rings. The lowest BCUT2D eigenvalue weighted by Gasteiger charge is -2.11. The van der Waals surface area contributed by atoms with Crippen LogP contribution in [0.4, 0.5) is 0 Å². The van der Waals surface area contributed by atoms with Gasteiger partial charge in [-0.1, -0.05) is 28.9 Å². The standard InChI is InChI=1S/C19H19BrN4O3/c1-2-8-27-18-13(4-3-7-21-18)10-22-17(25)11-24-12-23-16-6-5-14(20)9-15(16)19(24)26/h3-7,9,12H,2,8,10-11H2,1H3,(H,22,25). The molecule has 0 atom stereocenters. The number of carbonyl (C=O) groups excluding carboxylic acids is 1. The Morgan fingerprint density at radius 3 is 2.96 bits per heavy atom. The van der Waals surface area contributed by atoms with Gasteiger partial charge in [-0.05, 0) is 30.7 Å². The second-order valence-electron chi connectivity index (χ2n) is 5.93. The van der Waals surface area contributed by atoms with E-state index in [-0.39, 0.29) is 24.6 Å². The van der Waals surface area contributed by atoms with E-state index in [9.17, 15) is 9.59 Å². The van der Waals surface area contributed by atoms with E-state index >= 15 is 0 Å². The predicted molar refractivity (Wildman–Crippen MR) is 106 cm³/mol. The molecule has 0 radical (unpaired) electrons. The zero-order valence-electron chi connectivity index (χ0n) is 14.8. The van der Waals surface area contributed by atoms with Crippen LogP contribution in [0, 0.1) is 0 Å². The molecule has 0 saturated carbocycles. The maximum Gasteiger partial charge on any atom is 0.261 e. The second kappa shape index (κ2) is 8.77. The number of fused-ring (bicyclic) bond motifs is 1. The van der Waals surface area contributed by atoms with E-state index in [1.54, 1.807) is 24.4 Å². The Morgan fingerprint density at radius 1 is 1.30 bits per heavy atom. The summed E-state index contributed by atoms with van der Waals surface area (Å²) >= 11 is 3.34. The van der Waals surface area contributed by atoms with Crippen LogP contribution in [0.2, 0.25) is 0 Å². The van der Waals surface area contributed by atoms with Crippen molar-refractivity contribution in [1.82, 2.24) is 19.9 Å². The van der Waals surface area contributed by atoms with Crippen LogP contribution >= 0.6 is 15.9 Å². The van der Waals surface area contributed by atoms with Gasteiger partial charge in [0.2, 0.25) is 11.8 Å². The number of nitrogens with zero attached hydrogens (tertiary/aromatic N) is 3. The summed E-state index contributed by atoms with van der Waals surface area (Å²) in [5.74, 6) is 0.215. The number of halogens is 1. The van der Waals surface area contributed by atoms with Gasteiger partial charge in [0.15, 0.2) is 0 Å². The summed E-state index contributed by atoms with van der Waals surface area (Å²) in [6.45, 7) is 2.73. The van der Waals surface area contributed by atoms with Crippen LogP contribution in [-0.2, 0) is 17.9 Å². The summed E-state index contributed by atoms with van der Waals surface area (Å²) in [4.78, 5) is 33.3. The van der Waals surface area contributed by atoms with E-state index in [0.717, 1.165) is 16.5 Å². The molecule has 0 aliphatic rings. The molecule has 8 heteroatoms. The first-order chi connectivity index (χ1) is 13.1. The quantitative estimate of drug-likeness (QED) is 0.622. The van der Waals surface area contributed by atoms with Gasteiger partial charge in [-0.3, -0.25) is 14.2 Å². The van der Waals surface area contributed by atoms with Crippen LogP contribution in [0.3, 0.4) is 0 Å². The maximum absolute atomic E-state index is 12.6. The highest BCUT2D eigenvalue weighted by molar-refractivity contribution is 9.10. The zero-order valence-corrected chi connectivity index (χ0v) is 16.4. The molecule has 1 aromatic carbocycles. The van der Waals surface area contributed by atoms with Gasteiger partial charge in [0.25, 0.3) is 5.56 Å². The Hall–Kier alpha value is -2.74. The molecule has 140 valence electrons. The van der Waals surface area contributed by atoms with Gasteiger partial charge < -0.3 is 10.1 Å². The van der Waals surface area contributed by atoms with Crippen molar-refractivity contribution >= 4 is 32.7 Å². The first-order valence-corrected chi connectivity index (χ1v) is 9.36. The number of hydrogen-bond acceptors (Lipinski definition) is 5. The first kappa shape index (κ1) is 19.0. The molecule has 0 unspecified atom stereocenters. The monoisotopic (exact) mass is 430 g/mol. The summed E-state index contributed by atoms with van der Waals surface area (Å²) in [5.41, 5.74) is 1.12. The SMILES string of the molecule is CCCOc1ncccc1CNC(=O)Cn1cnc2ccc(Br)cc2c1=O. The molecule has 7 nitrogen and oxygen atoms in total. The summed E-state index contributed by atoms with van der Waals surface area (Å²) in [5, 5.41) is 3.26. The molecular formula is C19H19BrN4O3. The van der Waals surface area contributed by atoms with Crippen molar-refractivity contribution in [3.63, 3.8) is 0 Å². The third kappa shape index (κ3) is 4.71. The number of benzene rings is 1. The molecular weight excluding hydrogens is 412 g/mol. The summed E-state index contributed by atoms with van der Waals surface area (Å²) < 4.78 is 7.66. The third-order valence-electron chi connectivity index (χ3n) is 3.87. The fourth-order valence-corrected chi connectivity index (χ4v) is 2.90. The lowest BCUT2D eigenvalue weighted by Crippen LogP contribution is -2.32. The van der Waals surface area contributed by atoms with E-state index < -0.39 is 0 Å². The lowest BCUT2D eigenvalue weighted by atomic mass is 10.2. The molecule has 1 N–H and O–H groups in total. The van der Waals surface area contributed by atoms with Crippen molar-refractivity contribution in [3.8, 4) is 5.88 Å². The van der Waals surface area contributed by atoms with Gasteiger partial charge in [0.1, 0.15) is 6.54 Å². The van der Waals surface area contributed by atoms with Crippen molar-refractivity contribution in [2.24, 2.45) is 0 Å². The zero-order chi connectivity index (χ0) is 19.2. The molecule has 3 aromatic rings. The van der Waals surface area contributed by atoms with Crippen molar-refractivity contribution in [2.45, 2.75) is 26.4 Å². The molecule has 3 rings (SSSR count). The van der Waals surface area contributed by atoms with Crippen LogP contribution in [0.1, 0.15) is 18.9 Å². The molecule has 0 aliphatic carbocycles. The Labute approximate surface area is 164 Å². The van der Waals surface area contributed by atoms with Gasteiger partial charge in [0.05, 0.1) is 23.8 Å². The van der Waals surface area contributed by atoms with E-state index in [4.69, 9.17) is 4.74 Å². The number of hydrogen-bond donors (Lipinski definition) is 1. The lowest BCUT2D eigenvalue weighted by molar-refractivity contribution is -0.121. The Balaban J connectivity index is 1.69. The van der Waals surface area contributed by atoms with Gasteiger partial charge in [0, 0.05) is 22.8 Å². The number of ether oxygens (including phenoxy) is 1. The number of amides is 1. The topological polar surface area (TPSA) is 86.1 Å². The minimum absolute atomic E-state index is 0.111. The van der Waals surface area contributed by atoms with E-state index in [1.807, 2.05) is 19.1 Å². The number of pyridine rings is 1. The van der Waals surface area contributed by atoms with Crippen molar-refractivity contribution in [1.29, 1.82) is 0 Å². The third-order valence-corrected chi connectivity index (χ3v) is 4.36.